The number of aromatic nitrogens is 1. The lowest BCUT2D eigenvalue weighted by Gasteiger charge is -2.05. The molecule has 0 aliphatic heterocycles. The van der Waals surface area contributed by atoms with Gasteiger partial charge in [-0.25, -0.2) is 8.78 Å². The maximum atomic E-state index is 12.4. The topological polar surface area (TPSA) is 49.9 Å². The summed E-state index contributed by atoms with van der Waals surface area (Å²) in [5.74, 6) is 0. The Morgan fingerprint density at radius 2 is 2.21 bits per heavy atom. The van der Waals surface area contributed by atoms with Crippen LogP contribution in [0.25, 0.3) is 0 Å². The highest BCUT2D eigenvalue weighted by molar-refractivity contribution is 9.08. The molecule has 0 atom stereocenters. The molecule has 1 aromatic rings. The number of carbonyl (C=O) groups is 1. The van der Waals surface area contributed by atoms with Crippen LogP contribution in [-0.4, -0.2) is 11.3 Å². The third-order valence-electron chi connectivity index (χ3n) is 1.72. The van der Waals surface area contributed by atoms with Crippen LogP contribution in [-0.2, 0) is 5.33 Å². The summed E-state index contributed by atoms with van der Waals surface area (Å²) in [6.45, 7) is 0. The number of hydrogen-bond acceptors (Lipinski definition) is 2. The average molecular weight is 266 g/mol. The van der Waals surface area contributed by atoms with Crippen LogP contribution in [0.3, 0.4) is 0 Å². The van der Waals surface area contributed by atoms with Gasteiger partial charge in [-0.3, -0.25) is 9.59 Å². The van der Waals surface area contributed by atoms with Crippen LogP contribution < -0.4 is 5.43 Å². The number of hydrogen-bond donors (Lipinski definition) is 1. The molecule has 0 aromatic carbocycles. The molecule has 0 spiro atoms. The predicted molar refractivity (Wildman–Crippen MR) is 50.0 cm³/mol. The summed E-state index contributed by atoms with van der Waals surface area (Å²) in [5, 5.41) is -0.0102. The second kappa shape index (κ2) is 4.45. The van der Waals surface area contributed by atoms with Gasteiger partial charge in [-0.15, -0.1) is 0 Å². The maximum absolute atomic E-state index is 12.4. The predicted octanol–water partition coefficient (Wildman–Crippen LogP) is 2.02. The molecule has 0 aliphatic carbocycles. The molecule has 0 radical (unpaired) electrons. The zero-order valence-corrected chi connectivity index (χ0v) is 8.48. The Bertz CT molecular complexity index is 403. The molecule has 0 bridgehead atoms. The third-order valence-corrected chi connectivity index (χ3v) is 2.28. The fourth-order valence-electron chi connectivity index (χ4n) is 1.02. The van der Waals surface area contributed by atoms with Gasteiger partial charge in [0, 0.05) is 17.1 Å². The van der Waals surface area contributed by atoms with Crippen LogP contribution in [0, 0.1) is 0 Å². The van der Waals surface area contributed by atoms with Gasteiger partial charge in [0.2, 0.25) is 0 Å². The number of rotatable bonds is 3. The molecule has 1 heterocycles. The highest BCUT2D eigenvalue weighted by atomic mass is 79.9. The normalized spacial score (nSPS) is 10.6. The standard InChI is InChI=1S/C8H6BrF2NO2/c9-1-5-6(8(10)11)12-2-4(3-13)7(5)14/h2-3,8H,1H2,(H,12,14). The molecule has 0 fully saturated rings. The Balaban J connectivity index is 3.43. The van der Waals surface area contributed by atoms with E-state index in [9.17, 15) is 18.4 Å². The van der Waals surface area contributed by atoms with Gasteiger partial charge in [-0.05, 0) is 0 Å². The molecule has 76 valence electrons. The van der Waals surface area contributed by atoms with Crippen LogP contribution in [0.1, 0.15) is 28.0 Å². The lowest BCUT2D eigenvalue weighted by atomic mass is 10.1. The smallest absolute Gasteiger partial charge is 0.278 e. The monoisotopic (exact) mass is 265 g/mol. The van der Waals surface area contributed by atoms with Crippen LogP contribution in [0.5, 0.6) is 0 Å². The quantitative estimate of drug-likeness (QED) is 0.672. The summed E-state index contributed by atoms with van der Waals surface area (Å²) in [5.41, 5.74) is -1.36. The van der Waals surface area contributed by atoms with Crippen LogP contribution in [0.2, 0.25) is 0 Å². The minimum atomic E-state index is -2.75. The summed E-state index contributed by atoms with van der Waals surface area (Å²) in [4.78, 5) is 23.9. The van der Waals surface area contributed by atoms with E-state index in [0.717, 1.165) is 6.20 Å². The second-order valence-corrected chi connectivity index (χ2v) is 3.08. The van der Waals surface area contributed by atoms with Crippen molar-refractivity contribution in [2.75, 3.05) is 0 Å². The molecule has 0 aliphatic rings. The Morgan fingerprint density at radius 3 is 2.64 bits per heavy atom. The molecule has 1 rings (SSSR count). The van der Waals surface area contributed by atoms with E-state index in [2.05, 4.69) is 20.9 Å². The average Bonchev–Trinajstić information content (AvgIpc) is 2.17. The van der Waals surface area contributed by atoms with Crippen molar-refractivity contribution >= 4 is 22.2 Å². The Kier molecular flexibility index (Phi) is 3.51. The highest BCUT2D eigenvalue weighted by Crippen LogP contribution is 2.19. The lowest BCUT2D eigenvalue weighted by Crippen LogP contribution is -2.17. The molecule has 0 amide bonds. The van der Waals surface area contributed by atoms with E-state index >= 15 is 0 Å². The summed E-state index contributed by atoms with van der Waals surface area (Å²) in [7, 11) is 0. The number of aromatic amines is 1. The number of halogens is 3. The summed E-state index contributed by atoms with van der Waals surface area (Å²) in [6.07, 6.45) is -1.43. The van der Waals surface area contributed by atoms with Gasteiger partial charge < -0.3 is 4.98 Å². The van der Waals surface area contributed by atoms with E-state index in [1.807, 2.05) is 0 Å². The van der Waals surface area contributed by atoms with E-state index in [0.29, 0.717) is 6.29 Å². The molecule has 6 heteroatoms. The van der Waals surface area contributed by atoms with Crippen molar-refractivity contribution in [2.24, 2.45) is 0 Å². The molecule has 1 aromatic heterocycles. The zero-order chi connectivity index (χ0) is 10.7. The summed E-state index contributed by atoms with van der Waals surface area (Å²) >= 11 is 2.92. The first-order chi connectivity index (χ1) is 6.61. The number of pyridine rings is 1. The SMILES string of the molecule is O=Cc1c[nH]c(C(F)F)c(CBr)c1=O. The van der Waals surface area contributed by atoms with Crippen molar-refractivity contribution in [2.45, 2.75) is 11.8 Å². The molecular formula is C8H6BrF2NO2. The minimum Gasteiger partial charge on any atom is -0.359 e. The second-order valence-electron chi connectivity index (χ2n) is 2.52. The van der Waals surface area contributed by atoms with Crippen LogP contribution in [0.15, 0.2) is 11.0 Å². The highest BCUT2D eigenvalue weighted by Gasteiger charge is 2.17. The first kappa shape index (κ1) is 11.0. The minimum absolute atomic E-state index is 0.0102. The number of aldehydes is 1. The first-order valence-corrected chi connectivity index (χ1v) is 4.77. The van der Waals surface area contributed by atoms with Crippen molar-refractivity contribution < 1.29 is 13.6 Å². The molecule has 3 nitrogen and oxygen atoms in total. The van der Waals surface area contributed by atoms with Crippen molar-refractivity contribution in [3.8, 4) is 0 Å². The third kappa shape index (κ3) is 1.89. The van der Waals surface area contributed by atoms with E-state index < -0.39 is 17.5 Å². The maximum Gasteiger partial charge on any atom is 0.278 e. The van der Waals surface area contributed by atoms with Gasteiger partial charge in [0.25, 0.3) is 6.43 Å². The Morgan fingerprint density at radius 1 is 1.57 bits per heavy atom. The lowest BCUT2D eigenvalue weighted by molar-refractivity contribution is 0.112. The largest absolute Gasteiger partial charge is 0.359 e. The first-order valence-electron chi connectivity index (χ1n) is 3.65. The fraction of sp³-hybridized carbons (Fsp3) is 0.250. The van der Waals surface area contributed by atoms with Gasteiger partial charge in [0.1, 0.15) is 0 Å². The van der Waals surface area contributed by atoms with Gasteiger partial charge >= 0.3 is 0 Å². The summed E-state index contributed by atoms with van der Waals surface area (Å²) in [6, 6.07) is 0. The Labute approximate surface area is 86.3 Å². The van der Waals surface area contributed by atoms with E-state index in [1.165, 1.54) is 0 Å². The molecule has 1 N–H and O–H groups in total. The van der Waals surface area contributed by atoms with Crippen molar-refractivity contribution in [3.05, 3.63) is 33.2 Å². The molecule has 0 saturated heterocycles. The van der Waals surface area contributed by atoms with Gasteiger partial charge in [0.05, 0.1) is 11.3 Å². The fourth-order valence-corrected chi connectivity index (χ4v) is 1.58. The van der Waals surface area contributed by atoms with Crippen molar-refractivity contribution in [3.63, 3.8) is 0 Å². The number of nitrogens with one attached hydrogen (secondary N) is 1. The molecular weight excluding hydrogens is 260 g/mol. The van der Waals surface area contributed by atoms with Gasteiger partial charge in [0.15, 0.2) is 11.7 Å². The van der Waals surface area contributed by atoms with Crippen molar-refractivity contribution in [1.82, 2.24) is 4.98 Å². The molecule has 14 heavy (non-hydrogen) atoms. The molecule has 0 unspecified atom stereocenters. The van der Waals surface area contributed by atoms with Crippen LogP contribution >= 0.6 is 15.9 Å². The van der Waals surface area contributed by atoms with Crippen molar-refractivity contribution in [1.29, 1.82) is 0 Å². The van der Waals surface area contributed by atoms with Gasteiger partial charge in [-0.2, -0.15) is 0 Å². The Hall–Kier alpha value is -1.04. The zero-order valence-electron chi connectivity index (χ0n) is 6.89. The number of H-pyrrole nitrogens is 1. The van der Waals surface area contributed by atoms with E-state index in [1.54, 1.807) is 0 Å². The van der Waals surface area contributed by atoms with E-state index in [4.69, 9.17) is 0 Å². The number of carbonyl (C=O) groups excluding carboxylic acids is 1. The molecule has 0 saturated carbocycles. The van der Waals surface area contributed by atoms with Crippen LogP contribution in [0.4, 0.5) is 8.78 Å². The summed E-state index contributed by atoms with van der Waals surface area (Å²) < 4.78 is 24.7. The van der Waals surface area contributed by atoms with E-state index in [-0.39, 0.29) is 16.5 Å². The number of alkyl halides is 3. The van der Waals surface area contributed by atoms with Gasteiger partial charge in [-0.1, -0.05) is 15.9 Å².